The Labute approximate surface area is 280 Å². The van der Waals surface area contributed by atoms with Gasteiger partial charge in [-0.15, -0.1) is 23.5 Å². The van der Waals surface area contributed by atoms with Gasteiger partial charge in [-0.05, 0) is 96.8 Å². The highest BCUT2D eigenvalue weighted by Gasteiger charge is 2.10. The summed E-state index contributed by atoms with van der Waals surface area (Å²) < 4.78 is 0. The van der Waals surface area contributed by atoms with Gasteiger partial charge in [0.2, 0.25) is 10.2 Å². The molecule has 0 aromatic heterocycles. The van der Waals surface area contributed by atoms with Gasteiger partial charge in [0.05, 0.1) is 0 Å². The molecule has 0 spiro atoms. The summed E-state index contributed by atoms with van der Waals surface area (Å²) in [6, 6.07) is 33.9. The molecule has 0 bridgehead atoms. The van der Waals surface area contributed by atoms with Crippen LogP contribution in [0.4, 0.5) is 0 Å². The maximum atomic E-state index is 12.0. The molecule has 0 saturated heterocycles. The Morgan fingerprint density at radius 2 is 0.884 bits per heavy atom. The molecule has 4 aromatic carbocycles. The van der Waals surface area contributed by atoms with Crippen LogP contribution in [-0.2, 0) is 21.1 Å². The lowest BCUT2D eigenvalue weighted by Crippen LogP contribution is -1.94. The maximum Gasteiger partial charge on any atom is 0.214 e. The molecule has 0 aliphatic rings. The lowest BCUT2D eigenvalue weighted by molar-refractivity contribution is -0.108. The summed E-state index contributed by atoms with van der Waals surface area (Å²) in [6.07, 6.45) is 0. The summed E-state index contributed by atoms with van der Waals surface area (Å²) >= 11 is 9.72. The van der Waals surface area contributed by atoms with E-state index in [0.717, 1.165) is 16.2 Å². The van der Waals surface area contributed by atoms with E-state index < -0.39 is 0 Å². The molecule has 0 N–H and O–H groups in total. The van der Waals surface area contributed by atoms with E-state index in [2.05, 4.69) is 86.0 Å². The molecule has 0 fully saturated rings. The number of thioether (sulfide) groups is 4. The van der Waals surface area contributed by atoms with Crippen molar-refractivity contribution in [1.29, 1.82) is 0 Å². The normalized spacial score (nSPS) is 10.8. The molecule has 0 atom stereocenters. The fourth-order valence-corrected chi connectivity index (χ4v) is 9.23. The zero-order valence-electron chi connectivity index (χ0n) is 24.0. The van der Waals surface area contributed by atoms with E-state index in [9.17, 15) is 9.59 Å². The Hall–Kier alpha value is -2.20. The van der Waals surface area contributed by atoms with E-state index in [1.807, 2.05) is 47.8 Å². The predicted molar refractivity (Wildman–Crippen MR) is 193 cm³/mol. The molecule has 4 aromatic rings. The maximum absolute atomic E-state index is 12.0. The van der Waals surface area contributed by atoms with Crippen molar-refractivity contribution in [3.8, 4) is 0 Å². The second-order valence-corrected chi connectivity index (χ2v) is 16.1. The van der Waals surface area contributed by atoms with Gasteiger partial charge >= 0.3 is 0 Å². The van der Waals surface area contributed by atoms with Crippen LogP contribution in [0.2, 0.25) is 0 Å². The van der Waals surface area contributed by atoms with Crippen LogP contribution in [0.1, 0.15) is 25.0 Å². The van der Waals surface area contributed by atoms with Crippen LogP contribution in [-0.4, -0.2) is 15.3 Å². The van der Waals surface area contributed by atoms with Gasteiger partial charge in [0, 0.05) is 46.0 Å². The summed E-state index contributed by atoms with van der Waals surface area (Å²) in [5.41, 5.74) is 3.48. The molecule has 43 heavy (non-hydrogen) atoms. The molecule has 220 valence electrons. The predicted octanol–water partition coefficient (Wildman–Crippen LogP) is 11.5. The van der Waals surface area contributed by atoms with Crippen LogP contribution in [0.3, 0.4) is 0 Å². The molecule has 0 unspecified atom stereocenters. The molecular formula is C35H32O2S6. The standard InChI is InChI=1S/C35H32O2S6/c1-24(2)34(36)38-21-26-9-5-7-11-32(26)42-30-17-13-28(14-18-30)40-23-41-29-15-19-31(20-16-29)43-33-12-8-6-10-27(33)22-39-35(37)25(3)4/h5-20H,1,3,21-23H2,2,4H3. The molecule has 0 heterocycles. The molecule has 4 rings (SSSR count). The van der Waals surface area contributed by atoms with Gasteiger partial charge in [-0.25, -0.2) is 0 Å². The van der Waals surface area contributed by atoms with Crippen LogP contribution in [0, 0.1) is 0 Å². The number of rotatable bonds is 14. The first-order valence-electron chi connectivity index (χ1n) is 13.4. The highest BCUT2D eigenvalue weighted by molar-refractivity contribution is 8.16. The summed E-state index contributed by atoms with van der Waals surface area (Å²) in [5.74, 6) is 1.29. The van der Waals surface area contributed by atoms with Gasteiger partial charge < -0.3 is 0 Å². The highest BCUT2D eigenvalue weighted by atomic mass is 32.2. The second kappa shape index (κ2) is 17.3. The Morgan fingerprint density at radius 1 is 0.535 bits per heavy atom. The molecular weight excluding hydrogens is 645 g/mol. The van der Waals surface area contributed by atoms with Crippen molar-refractivity contribution in [2.24, 2.45) is 0 Å². The van der Waals surface area contributed by atoms with Crippen molar-refractivity contribution < 1.29 is 9.59 Å². The molecule has 8 heteroatoms. The summed E-state index contributed by atoms with van der Waals surface area (Å²) in [7, 11) is 0. The lowest BCUT2D eigenvalue weighted by atomic mass is 10.2. The van der Waals surface area contributed by atoms with Gasteiger partial charge in [-0.1, -0.05) is 96.6 Å². The van der Waals surface area contributed by atoms with Crippen LogP contribution < -0.4 is 0 Å². The highest BCUT2D eigenvalue weighted by Crippen LogP contribution is 2.36. The first-order chi connectivity index (χ1) is 20.8. The zero-order valence-corrected chi connectivity index (χ0v) is 28.9. The van der Waals surface area contributed by atoms with Crippen LogP contribution in [0.15, 0.2) is 151 Å². The van der Waals surface area contributed by atoms with E-state index in [1.54, 1.807) is 37.4 Å². The van der Waals surface area contributed by atoms with Crippen molar-refractivity contribution in [2.45, 2.75) is 54.7 Å². The monoisotopic (exact) mass is 676 g/mol. The molecule has 0 aliphatic heterocycles. The van der Waals surface area contributed by atoms with Crippen molar-refractivity contribution in [2.75, 3.05) is 5.08 Å². The van der Waals surface area contributed by atoms with Gasteiger partial charge in [0.15, 0.2) is 0 Å². The SMILES string of the molecule is C=C(C)C(=O)SCc1ccccc1Sc1ccc(SCSc2ccc(Sc3ccccc3CSC(=O)C(=C)C)cc2)cc1. The van der Waals surface area contributed by atoms with Gasteiger partial charge in [-0.3, -0.25) is 9.59 Å². The largest absolute Gasteiger partial charge is 0.282 e. The number of carbonyl (C=O) groups is 2. The van der Waals surface area contributed by atoms with Crippen molar-refractivity contribution in [1.82, 2.24) is 0 Å². The second-order valence-electron chi connectivity index (χ2n) is 9.48. The minimum atomic E-state index is 0.0409. The third-order valence-corrected chi connectivity index (χ3v) is 12.5. The van der Waals surface area contributed by atoms with Gasteiger partial charge in [-0.2, -0.15) is 0 Å². The van der Waals surface area contributed by atoms with Crippen molar-refractivity contribution >= 4 is 80.8 Å². The fraction of sp³-hybridized carbons (Fsp3) is 0.143. The van der Waals surface area contributed by atoms with E-state index in [-0.39, 0.29) is 10.2 Å². The van der Waals surface area contributed by atoms with E-state index in [4.69, 9.17) is 0 Å². The Morgan fingerprint density at radius 3 is 1.26 bits per heavy atom. The third kappa shape index (κ3) is 11.0. The number of hydrogen-bond donors (Lipinski definition) is 0. The van der Waals surface area contributed by atoms with E-state index in [1.165, 1.54) is 52.9 Å². The molecule has 0 amide bonds. The summed E-state index contributed by atoms with van der Waals surface area (Å²) in [4.78, 5) is 31.1. The zero-order chi connectivity index (χ0) is 30.6. The number of benzene rings is 4. The first-order valence-corrected chi connectivity index (χ1v) is 19.0. The average Bonchev–Trinajstić information content (AvgIpc) is 3.01. The smallest absolute Gasteiger partial charge is 0.214 e. The van der Waals surface area contributed by atoms with Gasteiger partial charge in [0.1, 0.15) is 0 Å². The number of carbonyl (C=O) groups excluding carboxylic acids is 2. The minimum Gasteiger partial charge on any atom is -0.282 e. The molecule has 0 saturated carbocycles. The Bertz CT molecular complexity index is 1460. The van der Waals surface area contributed by atoms with E-state index in [0.29, 0.717) is 22.7 Å². The van der Waals surface area contributed by atoms with Gasteiger partial charge in [0.25, 0.3) is 0 Å². The lowest BCUT2D eigenvalue weighted by Gasteiger charge is -2.10. The topological polar surface area (TPSA) is 34.1 Å². The number of hydrogen-bond acceptors (Lipinski definition) is 8. The molecule has 2 nitrogen and oxygen atoms in total. The van der Waals surface area contributed by atoms with Crippen molar-refractivity contribution in [3.05, 3.63) is 132 Å². The molecule has 0 radical (unpaired) electrons. The molecule has 0 aliphatic carbocycles. The quantitative estimate of drug-likeness (QED) is 0.0741. The Balaban J connectivity index is 1.25. The average molecular weight is 677 g/mol. The van der Waals surface area contributed by atoms with Crippen molar-refractivity contribution in [3.63, 3.8) is 0 Å². The van der Waals surface area contributed by atoms with E-state index >= 15 is 0 Å². The first kappa shape index (κ1) is 33.7. The van der Waals surface area contributed by atoms with Crippen LogP contribution in [0.25, 0.3) is 0 Å². The third-order valence-electron chi connectivity index (χ3n) is 5.91. The summed E-state index contributed by atoms with van der Waals surface area (Å²) in [5, 5.41) is 1.00. The van der Waals surface area contributed by atoms with Crippen LogP contribution in [0.5, 0.6) is 0 Å². The van der Waals surface area contributed by atoms with Crippen LogP contribution >= 0.6 is 70.6 Å². The fourth-order valence-electron chi connectivity index (χ4n) is 3.61. The Kier molecular flexibility index (Phi) is 13.6. The minimum absolute atomic E-state index is 0.0409. The summed E-state index contributed by atoms with van der Waals surface area (Å²) in [6.45, 7) is 11.0.